The number of hydrogen-bond acceptors (Lipinski definition) is 3. The van der Waals surface area contributed by atoms with Gasteiger partial charge in [-0.3, -0.25) is 0 Å². The van der Waals surface area contributed by atoms with E-state index in [2.05, 4.69) is 21.7 Å². The molecule has 3 nitrogen and oxygen atoms in total. The normalized spacial score (nSPS) is 15.9. The number of halogens is 1. The number of rotatable bonds is 6. The number of aromatic nitrogens is 3. The van der Waals surface area contributed by atoms with Crippen molar-refractivity contribution in [1.82, 2.24) is 14.8 Å². The second kappa shape index (κ2) is 7.95. The Morgan fingerprint density at radius 3 is 2.57 bits per heavy atom. The molecule has 3 rings (SSSR count). The monoisotopic (exact) mass is 333 g/mol. The molecule has 0 bridgehead atoms. The number of hydrogen-bond donors (Lipinski definition) is 0. The van der Waals surface area contributed by atoms with Crippen LogP contribution in [-0.2, 0) is 18.7 Å². The molecule has 1 saturated carbocycles. The van der Waals surface area contributed by atoms with Gasteiger partial charge in [-0.1, -0.05) is 56.0 Å². The van der Waals surface area contributed by atoms with E-state index in [4.69, 9.17) is 0 Å². The van der Waals surface area contributed by atoms with Crippen LogP contribution in [0.4, 0.5) is 4.39 Å². The fourth-order valence-electron chi connectivity index (χ4n) is 3.27. The summed E-state index contributed by atoms with van der Waals surface area (Å²) in [6.45, 7) is 3.05. The van der Waals surface area contributed by atoms with Gasteiger partial charge in [0.25, 0.3) is 0 Å². The molecular weight excluding hydrogens is 309 g/mol. The van der Waals surface area contributed by atoms with Crippen LogP contribution in [0.25, 0.3) is 0 Å². The molecule has 1 aromatic heterocycles. The Hall–Kier alpha value is -1.36. The molecule has 1 aromatic carbocycles. The smallest absolute Gasteiger partial charge is 0.191 e. The third-order valence-electron chi connectivity index (χ3n) is 4.59. The highest BCUT2D eigenvalue weighted by molar-refractivity contribution is 7.98. The molecule has 0 amide bonds. The Labute approximate surface area is 141 Å². The maximum absolute atomic E-state index is 13.0. The fourth-order valence-corrected chi connectivity index (χ4v) is 4.25. The quantitative estimate of drug-likeness (QED) is 0.708. The van der Waals surface area contributed by atoms with Crippen LogP contribution in [0.2, 0.25) is 0 Å². The summed E-state index contributed by atoms with van der Waals surface area (Å²) in [4.78, 5) is 0. The third kappa shape index (κ3) is 4.34. The zero-order valence-corrected chi connectivity index (χ0v) is 14.5. The van der Waals surface area contributed by atoms with Crippen LogP contribution in [-0.4, -0.2) is 14.8 Å². The van der Waals surface area contributed by atoms with Crippen LogP contribution in [0.5, 0.6) is 0 Å². The van der Waals surface area contributed by atoms with Crippen molar-refractivity contribution in [2.75, 3.05) is 0 Å². The van der Waals surface area contributed by atoms with Crippen molar-refractivity contribution in [2.45, 2.75) is 62.9 Å². The molecule has 0 N–H and O–H groups in total. The molecule has 0 unspecified atom stereocenters. The van der Waals surface area contributed by atoms with E-state index in [0.29, 0.717) is 0 Å². The molecular formula is C18H24FN3S. The Balaban J connectivity index is 1.64. The molecule has 1 heterocycles. The summed E-state index contributed by atoms with van der Waals surface area (Å²) < 4.78 is 15.2. The van der Waals surface area contributed by atoms with E-state index in [1.807, 2.05) is 12.1 Å². The summed E-state index contributed by atoms with van der Waals surface area (Å²) in [5.41, 5.74) is 1.11. The van der Waals surface area contributed by atoms with Crippen molar-refractivity contribution >= 4 is 11.8 Å². The second-order valence-corrected chi connectivity index (χ2v) is 7.21. The van der Waals surface area contributed by atoms with Crippen LogP contribution in [0.15, 0.2) is 29.4 Å². The lowest BCUT2D eigenvalue weighted by atomic mass is 9.87. The first-order chi connectivity index (χ1) is 11.3. The lowest BCUT2D eigenvalue weighted by molar-refractivity contribution is 0.347. The summed E-state index contributed by atoms with van der Waals surface area (Å²) in [6.07, 6.45) is 7.81. The molecule has 0 atom stereocenters. The predicted molar refractivity (Wildman–Crippen MR) is 91.9 cm³/mol. The molecule has 1 aliphatic rings. The van der Waals surface area contributed by atoms with Gasteiger partial charge in [-0.05, 0) is 30.5 Å². The van der Waals surface area contributed by atoms with E-state index >= 15 is 0 Å². The minimum atomic E-state index is -0.190. The van der Waals surface area contributed by atoms with Gasteiger partial charge in [-0.2, -0.15) is 0 Å². The van der Waals surface area contributed by atoms with Gasteiger partial charge >= 0.3 is 0 Å². The van der Waals surface area contributed by atoms with Crippen molar-refractivity contribution in [3.05, 3.63) is 41.5 Å². The van der Waals surface area contributed by atoms with E-state index in [-0.39, 0.29) is 5.82 Å². The average Bonchev–Trinajstić information content (AvgIpc) is 2.97. The van der Waals surface area contributed by atoms with Crippen molar-refractivity contribution in [3.8, 4) is 0 Å². The molecule has 23 heavy (non-hydrogen) atoms. The summed E-state index contributed by atoms with van der Waals surface area (Å²) in [7, 11) is 0. The summed E-state index contributed by atoms with van der Waals surface area (Å²) in [6, 6.07) is 6.68. The van der Waals surface area contributed by atoms with Crippen molar-refractivity contribution in [1.29, 1.82) is 0 Å². The molecule has 0 spiro atoms. The Bertz CT molecular complexity index is 618. The molecule has 0 aliphatic heterocycles. The molecule has 124 valence electrons. The molecule has 1 fully saturated rings. The zero-order chi connectivity index (χ0) is 16.1. The first kappa shape index (κ1) is 16.5. The SMILES string of the molecule is CCn1c(CC2CCCCC2)nnc1SCc1ccc(F)cc1. The lowest BCUT2D eigenvalue weighted by Gasteiger charge is -2.21. The van der Waals surface area contributed by atoms with Crippen LogP contribution in [0.3, 0.4) is 0 Å². The summed E-state index contributed by atoms with van der Waals surface area (Å²) in [5, 5.41) is 9.80. The van der Waals surface area contributed by atoms with Gasteiger partial charge in [0.1, 0.15) is 11.6 Å². The summed E-state index contributed by atoms with van der Waals surface area (Å²) in [5.74, 6) is 2.50. The van der Waals surface area contributed by atoms with Crippen LogP contribution in [0, 0.1) is 11.7 Å². The average molecular weight is 333 g/mol. The maximum atomic E-state index is 13.0. The van der Waals surface area contributed by atoms with E-state index < -0.39 is 0 Å². The minimum absolute atomic E-state index is 0.190. The predicted octanol–water partition coefficient (Wildman–Crippen LogP) is 4.85. The highest BCUT2D eigenvalue weighted by Crippen LogP contribution is 2.28. The maximum Gasteiger partial charge on any atom is 0.191 e. The van der Waals surface area contributed by atoms with Crippen molar-refractivity contribution in [2.24, 2.45) is 5.92 Å². The standard InChI is InChI=1S/C18H24FN3S/c1-2-22-17(12-14-6-4-3-5-7-14)20-21-18(22)23-13-15-8-10-16(19)11-9-15/h8-11,14H,2-7,12-13H2,1H3. The van der Waals surface area contributed by atoms with Gasteiger partial charge in [0.05, 0.1) is 0 Å². The number of thioether (sulfide) groups is 1. The lowest BCUT2D eigenvalue weighted by Crippen LogP contribution is -2.13. The van der Waals surface area contributed by atoms with Crippen molar-refractivity contribution < 1.29 is 4.39 Å². The second-order valence-electron chi connectivity index (χ2n) is 6.27. The molecule has 5 heteroatoms. The van der Waals surface area contributed by atoms with Crippen molar-refractivity contribution in [3.63, 3.8) is 0 Å². The minimum Gasteiger partial charge on any atom is -0.306 e. The van der Waals surface area contributed by atoms with Crippen LogP contribution < -0.4 is 0 Å². The van der Waals surface area contributed by atoms with Gasteiger partial charge in [0.15, 0.2) is 5.16 Å². The summed E-state index contributed by atoms with van der Waals surface area (Å²) >= 11 is 1.68. The Kier molecular flexibility index (Phi) is 5.70. The highest BCUT2D eigenvalue weighted by atomic mass is 32.2. The first-order valence-electron chi connectivity index (χ1n) is 8.55. The molecule has 1 aliphatic carbocycles. The van der Waals surface area contributed by atoms with Gasteiger partial charge in [0, 0.05) is 18.7 Å². The van der Waals surface area contributed by atoms with Gasteiger partial charge in [0.2, 0.25) is 0 Å². The number of nitrogens with zero attached hydrogens (tertiary/aromatic N) is 3. The molecule has 2 aromatic rings. The van der Waals surface area contributed by atoms with E-state index in [1.165, 1.54) is 44.2 Å². The highest BCUT2D eigenvalue weighted by Gasteiger charge is 2.19. The largest absolute Gasteiger partial charge is 0.306 e. The third-order valence-corrected chi connectivity index (χ3v) is 5.62. The van der Waals surface area contributed by atoms with Crippen LogP contribution >= 0.6 is 11.8 Å². The fraction of sp³-hybridized carbons (Fsp3) is 0.556. The van der Waals surface area contributed by atoms with Crippen LogP contribution in [0.1, 0.15) is 50.4 Å². The zero-order valence-electron chi connectivity index (χ0n) is 13.7. The first-order valence-corrected chi connectivity index (χ1v) is 9.54. The van der Waals surface area contributed by atoms with Gasteiger partial charge in [-0.15, -0.1) is 10.2 Å². The van der Waals surface area contributed by atoms with E-state index in [1.54, 1.807) is 11.8 Å². The Morgan fingerprint density at radius 2 is 1.87 bits per heavy atom. The topological polar surface area (TPSA) is 30.7 Å². The molecule has 0 radical (unpaired) electrons. The molecule has 0 saturated heterocycles. The van der Waals surface area contributed by atoms with Gasteiger partial charge in [-0.25, -0.2) is 4.39 Å². The van der Waals surface area contributed by atoms with E-state index in [9.17, 15) is 4.39 Å². The number of benzene rings is 1. The Morgan fingerprint density at radius 1 is 1.13 bits per heavy atom. The van der Waals surface area contributed by atoms with E-state index in [0.717, 1.165) is 41.2 Å². The van der Waals surface area contributed by atoms with Gasteiger partial charge < -0.3 is 4.57 Å².